The van der Waals surface area contributed by atoms with E-state index in [0.29, 0.717) is 6.04 Å². The van der Waals surface area contributed by atoms with Crippen molar-refractivity contribution in [2.24, 2.45) is 0 Å². The first-order valence-corrected chi connectivity index (χ1v) is 5.60. The summed E-state index contributed by atoms with van der Waals surface area (Å²) >= 11 is 0. The van der Waals surface area contributed by atoms with Gasteiger partial charge in [0, 0.05) is 25.2 Å². The van der Waals surface area contributed by atoms with Crippen molar-refractivity contribution in [1.82, 2.24) is 15.4 Å². The van der Waals surface area contributed by atoms with E-state index in [9.17, 15) is 0 Å². The smallest absolute Gasteiger partial charge is 0.150 e. The Kier molecular flexibility index (Phi) is 7.79. The van der Waals surface area contributed by atoms with E-state index in [0.717, 1.165) is 31.1 Å². The molecule has 0 aliphatic carbocycles. The number of nitrogens with zero attached hydrogens (tertiary/aromatic N) is 2. The van der Waals surface area contributed by atoms with Gasteiger partial charge in [-0.3, -0.25) is 4.90 Å². The quantitative estimate of drug-likeness (QED) is 0.920. The molecule has 1 aromatic rings. The number of aryl methyl sites for hydroxylation is 1. The number of nitrogens with one attached hydrogen (secondary N) is 1. The molecular weight excluding hydrogens is 261 g/mol. The Morgan fingerprint density at radius 3 is 2.53 bits per heavy atom. The van der Waals surface area contributed by atoms with Crippen LogP contribution in [0.5, 0.6) is 0 Å². The highest BCUT2D eigenvalue weighted by Crippen LogP contribution is 2.13. The van der Waals surface area contributed by atoms with Gasteiger partial charge in [-0.2, -0.15) is 0 Å². The molecule has 0 aromatic carbocycles. The first-order valence-electron chi connectivity index (χ1n) is 5.60. The molecule has 0 radical (unpaired) electrons. The van der Waals surface area contributed by atoms with Crippen LogP contribution in [0.15, 0.2) is 10.6 Å². The summed E-state index contributed by atoms with van der Waals surface area (Å²) < 4.78 is 5.21. The summed E-state index contributed by atoms with van der Waals surface area (Å²) in [5.41, 5.74) is 0.968. The predicted octanol–water partition coefficient (Wildman–Crippen LogP) is 2.01. The van der Waals surface area contributed by atoms with Crippen molar-refractivity contribution in [3.8, 4) is 0 Å². The van der Waals surface area contributed by atoms with E-state index in [1.807, 2.05) is 20.0 Å². The van der Waals surface area contributed by atoms with Gasteiger partial charge in [-0.05, 0) is 26.8 Å². The molecule has 100 valence electrons. The lowest BCUT2D eigenvalue weighted by Gasteiger charge is -2.30. The molecular formula is C11H21Cl2N3O. The molecule has 1 N–H and O–H groups in total. The molecule has 0 atom stereocenters. The van der Waals surface area contributed by atoms with Crippen LogP contribution in [0.25, 0.3) is 0 Å². The molecule has 1 saturated heterocycles. The van der Waals surface area contributed by atoms with Gasteiger partial charge in [0.1, 0.15) is 0 Å². The highest BCUT2D eigenvalue weighted by atomic mass is 35.5. The Hall–Kier alpha value is -0.290. The average molecular weight is 282 g/mol. The van der Waals surface area contributed by atoms with Crippen molar-refractivity contribution in [3.05, 3.63) is 17.5 Å². The van der Waals surface area contributed by atoms with Crippen LogP contribution in [-0.4, -0.2) is 36.2 Å². The zero-order valence-electron chi connectivity index (χ0n) is 10.3. The maximum atomic E-state index is 5.21. The minimum Gasteiger partial charge on any atom is -0.360 e. The second-order valence-electron chi connectivity index (χ2n) is 4.27. The molecule has 0 spiro atoms. The summed E-state index contributed by atoms with van der Waals surface area (Å²) in [6, 6.07) is 2.71. The fourth-order valence-corrected chi connectivity index (χ4v) is 2.09. The molecule has 2 heterocycles. The number of piperidine rings is 1. The zero-order valence-corrected chi connectivity index (χ0v) is 11.9. The highest BCUT2D eigenvalue weighted by Gasteiger charge is 2.18. The van der Waals surface area contributed by atoms with Crippen LogP contribution in [0, 0.1) is 6.92 Å². The van der Waals surface area contributed by atoms with Gasteiger partial charge in [-0.15, -0.1) is 24.8 Å². The van der Waals surface area contributed by atoms with E-state index in [1.54, 1.807) is 0 Å². The first-order chi connectivity index (χ1) is 7.28. The number of hydrogen-bond donors (Lipinski definition) is 1. The maximum Gasteiger partial charge on any atom is 0.150 e. The molecule has 0 amide bonds. The van der Waals surface area contributed by atoms with E-state index in [4.69, 9.17) is 4.52 Å². The zero-order chi connectivity index (χ0) is 10.7. The number of rotatable bonds is 3. The molecule has 0 bridgehead atoms. The van der Waals surface area contributed by atoms with E-state index in [1.165, 1.54) is 12.8 Å². The third kappa shape index (κ3) is 4.84. The van der Waals surface area contributed by atoms with Crippen molar-refractivity contribution in [2.75, 3.05) is 20.1 Å². The third-order valence-corrected chi connectivity index (χ3v) is 3.05. The lowest BCUT2D eigenvalue weighted by molar-refractivity contribution is 0.176. The summed E-state index contributed by atoms with van der Waals surface area (Å²) in [6.45, 7) is 5.15. The number of aromatic nitrogens is 1. The van der Waals surface area contributed by atoms with Gasteiger partial charge in [-0.1, -0.05) is 5.16 Å². The Labute approximate surface area is 115 Å². The molecule has 1 fully saturated rings. The standard InChI is InChI=1S/C11H19N3O.2ClH/c1-9-7-11(15-13-9)8-14-5-3-10(12-2)4-6-14;;/h7,10,12H,3-6,8H2,1-2H3;2*1H. The molecule has 1 aromatic heterocycles. The Morgan fingerprint density at radius 2 is 2.06 bits per heavy atom. The van der Waals surface area contributed by atoms with E-state index < -0.39 is 0 Å². The van der Waals surface area contributed by atoms with Crippen molar-refractivity contribution < 1.29 is 4.52 Å². The second-order valence-corrected chi connectivity index (χ2v) is 4.27. The molecule has 4 nitrogen and oxygen atoms in total. The van der Waals surface area contributed by atoms with Crippen LogP contribution in [-0.2, 0) is 6.54 Å². The Balaban J connectivity index is 0.00000128. The maximum absolute atomic E-state index is 5.21. The van der Waals surface area contributed by atoms with E-state index >= 15 is 0 Å². The Morgan fingerprint density at radius 1 is 1.41 bits per heavy atom. The van der Waals surface area contributed by atoms with E-state index in [2.05, 4.69) is 15.4 Å². The summed E-state index contributed by atoms with van der Waals surface area (Å²) in [5.74, 6) is 0.982. The molecule has 0 unspecified atom stereocenters. The van der Waals surface area contributed by atoms with E-state index in [-0.39, 0.29) is 24.8 Å². The topological polar surface area (TPSA) is 41.3 Å². The summed E-state index contributed by atoms with van der Waals surface area (Å²) in [6.07, 6.45) is 2.45. The van der Waals surface area contributed by atoms with Crippen molar-refractivity contribution in [3.63, 3.8) is 0 Å². The minimum atomic E-state index is 0. The molecule has 1 aliphatic rings. The lowest BCUT2D eigenvalue weighted by Crippen LogP contribution is -2.40. The van der Waals surface area contributed by atoms with Gasteiger partial charge >= 0.3 is 0 Å². The second kappa shape index (κ2) is 7.93. The summed E-state index contributed by atoms with van der Waals surface area (Å²) in [7, 11) is 2.04. The van der Waals surface area contributed by atoms with Crippen molar-refractivity contribution in [1.29, 1.82) is 0 Å². The normalized spacial score (nSPS) is 17.3. The first kappa shape index (κ1) is 16.7. The van der Waals surface area contributed by atoms with Gasteiger partial charge in [0.25, 0.3) is 0 Å². The largest absolute Gasteiger partial charge is 0.360 e. The van der Waals surface area contributed by atoms with Crippen LogP contribution >= 0.6 is 24.8 Å². The molecule has 6 heteroatoms. The SMILES string of the molecule is CNC1CCN(Cc2cc(C)no2)CC1.Cl.Cl. The number of hydrogen-bond acceptors (Lipinski definition) is 4. The fraction of sp³-hybridized carbons (Fsp3) is 0.727. The van der Waals surface area contributed by atoms with Gasteiger partial charge < -0.3 is 9.84 Å². The predicted molar refractivity (Wildman–Crippen MR) is 73.1 cm³/mol. The van der Waals surface area contributed by atoms with Crippen LogP contribution in [0.3, 0.4) is 0 Å². The summed E-state index contributed by atoms with van der Waals surface area (Å²) in [5, 5.41) is 7.23. The monoisotopic (exact) mass is 281 g/mol. The summed E-state index contributed by atoms with van der Waals surface area (Å²) in [4.78, 5) is 2.42. The molecule has 0 saturated carbocycles. The van der Waals surface area contributed by atoms with Gasteiger partial charge in [0.05, 0.1) is 12.2 Å². The highest BCUT2D eigenvalue weighted by molar-refractivity contribution is 5.85. The minimum absolute atomic E-state index is 0. The van der Waals surface area contributed by atoms with Gasteiger partial charge in [0.15, 0.2) is 5.76 Å². The lowest BCUT2D eigenvalue weighted by atomic mass is 10.1. The van der Waals surface area contributed by atoms with Crippen LogP contribution in [0.2, 0.25) is 0 Å². The Bertz CT molecular complexity index is 311. The average Bonchev–Trinajstić information content (AvgIpc) is 2.65. The van der Waals surface area contributed by atoms with Crippen molar-refractivity contribution in [2.45, 2.75) is 32.4 Å². The number of halogens is 2. The van der Waals surface area contributed by atoms with Crippen LogP contribution in [0.1, 0.15) is 24.3 Å². The van der Waals surface area contributed by atoms with Crippen LogP contribution < -0.4 is 5.32 Å². The number of likely N-dealkylation sites (tertiary alicyclic amines) is 1. The molecule has 1 aliphatic heterocycles. The fourth-order valence-electron chi connectivity index (χ4n) is 2.09. The third-order valence-electron chi connectivity index (χ3n) is 3.05. The van der Waals surface area contributed by atoms with Gasteiger partial charge in [0.2, 0.25) is 0 Å². The van der Waals surface area contributed by atoms with Gasteiger partial charge in [-0.25, -0.2) is 0 Å². The molecule has 2 rings (SSSR count). The van der Waals surface area contributed by atoms with Crippen LogP contribution in [0.4, 0.5) is 0 Å². The molecule has 17 heavy (non-hydrogen) atoms. The van der Waals surface area contributed by atoms with Crippen molar-refractivity contribution >= 4 is 24.8 Å².